The zero-order valence-corrected chi connectivity index (χ0v) is 4.46. The first kappa shape index (κ1) is 9.33. The van der Waals surface area contributed by atoms with Gasteiger partial charge < -0.3 is 6.15 Å². The van der Waals surface area contributed by atoms with Gasteiger partial charge in [0, 0.05) is 0 Å². The maximum absolute atomic E-state index is 9.68. The van der Waals surface area contributed by atoms with Crippen LogP contribution in [-0.4, -0.2) is 11.7 Å². The molecule has 0 saturated heterocycles. The molecule has 2 nitrogen and oxygen atoms in total. The van der Waals surface area contributed by atoms with Crippen LogP contribution in [0.5, 0.6) is 0 Å². The van der Waals surface area contributed by atoms with Gasteiger partial charge in [-0.15, -0.1) is 11.6 Å². The zero-order valence-electron chi connectivity index (χ0n) is 3.70. The van der Waals surface area contributed by atoms with Gasteiger partial charge in [-0.25, -0.2) is 0 Å². The molecule has 38 valence electrons. The summed E-state index contributed by atoms with van der Waals surface area (Å²) < 4.78 is 0. The number of carbonyl (C=O) groups excluding carboxylic acids is 1. The van der Waals surface area contributed by atoms with Crippen molar-refractivity contribution in [3.05, 3.63) is 0 Å². The molecule has 0 heterocycles. The second-order valence-electron chi connectivity index (χ2n) is 0.836. The molecule has 0 bridgehead atoms. The van der Waals surface area contributed by atoms with Crippen LogP contribution in [0.15, 0.2) is 0 Å². The van der Waals surface area contributed by atoms with Crippen LogP contribution in [0.25, 0.3) is 0 Å². The van der Waals surface area contributed by atoms with Gasteiger partial charge in [-0.05, 0) is 6.92 Å². The summed E-state index contributed by atoms with van der Waals surface area (Å²) in [6.07, 6.45) is 0. The van der Waals surface area contributed by atoms with Crippen LogP contribution in [0.3, 0.4) is 0 Å². The Balaban J connectivity index is 0. The second-order valence-corrected chi connectivity index (χ2v) is 1.10. The molecule has 3 heteroatoms. The molecule has 0 radical (unpaired) electrons. The van der Waals surface area contributed by atoms with E-state index in [2.05, 4.69) is 0 Å². The lowest BCUT2D eigenvalue weighted by Crippen LogP contribution is -1.86. The van der Waals surface area contributed by atoms with E-state index in [-0.39, 0.29) is 17.8 Å². The minimum Gasteiger partial charge on any atom is -0.344 e. The Morgan fingerprint density at radius 2 is 2.00 bits per heavy atom. The molecule has 0 aliphatic rings. The SMILES string of the molecule is CC(=O)CCl.N. The Kier molecular flexibility index (Phi) is 7.65. The van der Waals surface area contributed by atoms with E-state index >= 15 is 0 Å². The maximum Gasteiger partial charge on any atom is 0.144 e. The van der Waals surface area contributed by atoms with Crippen LogP contribution >= 0.6 is 11.6 Å². The summed E-state index contributed by atoms with van der Waals surface area (Å²) in [6, 6.07) is 0. The summed E-state index contributed by atoms with van der Waals surface area (Å²) >= 11 is 4.99. The Hall–Kier alpha value is -0.0800. The average molecular weight is 110 g/mol. The smallest absolute Gasteiger partial charge is 0.144 e. The molecule has 3 N–H and O–H groups in total. The number of hydrogen-bond donors (Lipinski definition) is 1. The van der Waals surface area contributed by atoms with E-state index in [1.54, 1.807) is 0 Å². The Bertz CT molecular complexity index is 46.1. The van der Waals surface area contributed by atoms with Crippen molar-refractivity contribution in [2.75, 3.05) is 5.88 Å². The summed E-state index contributed by atoms with van der Waals surface area (Å²) in [5.74, 6) is 0.159. The largest absolute Gasteiger partial charge is 0.344 e. The lowest BCUT2D eigenvalue weighted by molar-refractivity contribution is -0.114. The topological polar surface area (TPSA) is 52.1 Å². The van der Waals surface area contributed by atoms with Crippen molar-refractivity contribution in [3.63, 3.8) is 0 Å². The van der Waals surface area contributed by atoms with Crippen LogP contribution < -0.4 is 6.15 Å². The first-order chi connectivity index (χ1) is 2.27. The Labute approximate surface area is 42.1 Å². The molecule has 0 atom stereocenters. The van der Waals surface area contributed by atoms with E-state index in [0.717, 1.165) is 0 Å². The van der Waals surface area contributed by atoms with Crippen LogP contribution in [0.2, 0.25) is 0 Å². The van der Waals surface area contributed by atoms with Gasteiger partial charge in [0.05, 0.1) is 5.88 Å². The van der Waals surface area contributed by atoms with E-state index in [0.29, 0.717) is 0 Å². The molecule has 0 amide bonds. The van der Waals surface area contributed by atoms with Crippen molar-refractivity contribution < 1.29 is 4.79 Å². The molecule has 6 heavy (non-hydrogen) atoms. The molecule has 0 aromatic rings. The van der Waals surface area contributed by atoms with Crippen molar-refractivity contribution in [3.8, 4) is 0 Å². The van der Waals surface area contributed by atoms with E-state index in [1.807, 2.05) is 0 Å². The van der Waals surface area contributed by atoms with Gasteiger partial charge in [0.1, 0.15) is 5.78 Å². The highest BCUT2D eigenvalue weighted by Gasteiger charge is 1.79. The Morgan fingerprint density at radius 1 is 1.83 bits per heavy atom. The van der Waals surface area contributed by atoms with E-state index in [4.69, 9.17) is 11.6 Å². The predicted molar refractivity (Wildman–Crippen MR) is 26.4 cm³/mol. The number of ketones is 1. The van der Waals surface area contributed by atoms with Gasteiger partial charge in [-0.3, -0.25) is 4.79 Å². The fourth-order valence-electron chi connectivity index (χ4n) is 0. The number of rotatable bonds is 1. The maximum atomic E-state index is 9.68. The van der Waals surface area contributed by atoms with Crippen LogP contribution in [0.1, 0.15) is 6.92 Å². The van der Waals surface area contributed by atoms with Gasteiger partial charge in [0.15, 0.2) is 0 Å². The van der Waals surface area contributed by atoms with Crippen LogP contribution in [0.4, 0.5) is 0 Å². The van der Waals surface area contributed by atoms with Gasteiger partial charge in [-0.1, -0.05) is 0 Å². The molecule has 0 aromatic heterocycles. The number of carbonyl (C=O) groups is 1. The van der Waals surface area contributed by atoms with Crippen molar-refractivity contribution in [2.45, 2.75) is 6.92 Å². The standard InChI is InChI=1S/C3H5ClO.H3N/c1-3(5)2-4;/h2H2,1H3;1H3. The third-order valence-electron chi connectivity index (χ3n) is 0.188. The van der Waals surface area contributed by atoms with Crippen LogP contribution in [0, 0.1) is 0 Å². The van der Waals surface area contributed by atoms with E-state index < -0.39 is 0 Å². The molecule has 0 aromatic carbocycles. The normalized spacial score (nSPS) is 6.33. The van der Waals surface area contributed by atoms with Crippen molar-refractivity contribution in [2.24, 2.45) is 0 Å². The monoisotopic (exact) mass is 109 g/mol. The first-order valence-corrected chi connectivity index (χ1v) is 1.86. The van der Waals surface area contributed by atoms with Crippen molar-refractivity contribution in [1.29, 1.82) is 0 Å². The third-order valence-corrected chi connectivity index (χ3v) is 0.565. The lowest BCUT2D eigenvalue weighted by atomic mass is 10.5. The highest BCUT2D eigenvalue weighted by molar-refractivity contribution is 6.27. The molecule has 0 unspecified atom stereocenters. The minimum atomic E-state index is 0. The lowest BCUT2D eigenvalue weighted by Gasteiger charge is -1.69. The van der Waals surface area contributed by atoms with Gasteiger partial charge >= 0.3 is 0 Å². The number of alkyl halides is 1. The zero-order chi connectivity index (χ0) is 4.28. The van der Waals surface area contributed by atoms with Gasteiger partial charge in [0.2, 0.25) is 0 Å². The number of Topliss-reactive ketones (excluding diaryl/α,β-unsaturated/α-hetero) is 1. The molecule has 0 spiro atoms. The first-order valence-electron chi connectivity index (χ1n) is 1.32. The van der Waals surface area contributed by atoms with Gasteiger partial charge in [-0.2, -0.15) is 0 Å². The van der Waals surface area contributed by atoms with Crippen molar-refractivity contribution in [1.82, 2.24) is 6.15 Å². The average Bonchev–Trinajstić information content (AvgIpc) is 1.38. The number of halogens is 1. The summed E-state index contributed by atoms with van der Waals surface area (Å²) in [7, 11) is 0. The highest BCUT2D eigenvalue weighted by Crippen LogP contribution is 1.71. The third kappa shape index (κ3) is 9.07. The molecule has 0 fully saturated rings. The quantitative estimate of drug-likeness (QED) is 0.511. The van der Waals surface area contributed by atoms with Gasteiger partial charge in [0.25, 0.3) is 0 Å². The second kappa shape index (κ2) is 4.92. The summed E-state index contributed by atoms with van der Waals surface area (Å²) in [6.45, 7) is 1.45. The van der Waals surface area contributed by atoms with E-state index in [1.165, 1.54) is 6.92 Å². The molecule has 0 rings (SSSR count). The molecule has 0 saturated carbocycles. The van der Waals surface area contributed by atoms with Crippen molar-refractivity contribution >= 4 is 17.4 Å². The number of hydrogen-bond acceptors (Lipinski definition) is 2. The Morgan fingerprint density at radius 3 is 2.00 bits per heavy atom. The summed E-state index contributed by atoms with van der Waals surface area (Å²) in [5.41, 5.74) is 0. The molecule has 0 aliphatic carbocycles. The minimum absolute atomic E-state index is 0. The van der Waals surface area contributed by atoms with Crippen LogP contribution in [-0.2, 0) is 4.79 Å². The van der Waals surface area contributed by atoms with E-state index in [9.17, 15) is 4.79 Å². The molecule has 0 aliphatic heterocycles. The fraction of sp³-hybridized carbons (Fsp3) is 0.667. The fourth-order valence-corrected chi connectivity index (χ4v) is 0. The summed E-state index contributed by atoms with van der Waals surface area (Å²) in [5, 5.41) is 0. The molecular weight excluding hydrogens is 101 g/mol. The molecular formula is C3H8ClNO. The predicted octanol–water partition coefficient (Wildman–Crippen LogP) is 0.976. The highest BCUT2D eigenvalue weighted by atomic mass is 35.5. The summed E-state index contributed by atoms with van der Waals surface area (Å²) in [4.78, 5) is 9.68.